The van der Waals surface area contributed by atoms with Crippen LogP contribution < -0.4 is 10.7 Å². The van der Waals surface area contributed by atoms with Gasteiger partial charge in [-0.25, -0.2) is 5.43 Å². The summed E-state index contributed by atoms with van der Waals surface area (Å²) >= 11 is 2.13. The number of hydrogen-bond donors (Lipinski definition) is 2. The second-order valence-electron chi connectivity index (χ2n) is 8.69. The molecule has 0 saturated heterocycles. The van der Waals surface area contributed by atoms with Crippen molar-refractivity contribution in [2.45, 2.75) is 57.4 Å². The van der Waals surface area contributed by atoms with Crippen LogP contribution in [0, 0.1) is 21.3 Å². The van der Waals surface area contributed by atoms with E-state index in [1.807, 2.05) is 18.2 Å². The van der Waals surface area contributed by atoms with E-state index in [2.05, 4.69) is 38.4 Å². The number of halogens is 1. The standard InChI is InChI=1S/C21H26IN3O2/c1-13(24-25-20(27)17-4-2-3-5-18(17)22)6-19(26)23-21-10-14-7-15(11-21)9-16(8-14)12-21/h2-5,14-16H,6-12H2,1H3,(H,23,26)(H,25,27). The lowest BCUT2D eigenvalue weighted by molar-refractivity contribution is -0.125. The van der Waals surface area contributed by atoms with Gasteiger partial charge in [0.25, 0.3) is 5.91 Å². The van der Waals surface area contributed by atoms with Gasteiger partial charge in [0.05, 0.1) is 12.0 Å². The van der Waals surface area contributed by atoms with Gasteiger partial charge in [0.1, 0.15) is 0 Å². The van der Waals surface area contributed by atoms with Gasteiger partial charge >= 0.3 is 0 Å². The fourth-order valence-corrected chi connectivity index (χ4v) is 6.36. The van der Waals surface area contributed by atoms with Crippen molar-refractivity contribution in [1.29, 1.82) is 0 Å². The van der Waals surface area contributed by atoms with Crippen LogP contribution in [0.1, 0.15) is 62.2 Å². The SMILES string of the molecule is CC(CC(=O)NC12CC3CC(CC(C3)C1)C2)=NNC(=O)c1ccccc1I. The van der Waals surface area contributed by atoms with Gasteiger partial charge in [-0.2, -0.15) is 5.10 Å². The van der Waals surface area contributed by atoms with Crippen molar-refractivity contribution in [3.63, 3.8) is 0 Å². The van der Waals surface area contributed by atoms with Gasteiger partial charge in [0.2, 0.25) is 5.91 Å². The highest BCUT2D eigenvalue weighted by molar-refractivity contribution is 14.1. The molecule has 0 atom stereocenters. The number of nitrogens with zero attached hydrogens (tertiary/aromatic N) is 1. The van der Waals surface area contributed by atoms with E-state index in [9.17, 15) is 9.59 Å². The molecule has 0 heterocycles. The minimum atomic E-state index is -0.249. The van der Waals surface area contributed by atoms with Crippen LogP contribution in [0.15, 0.2) is 29.4 Å². The van der Waals surface area contributed by atoms with Crippen LogP contribution in [-0.2, 0) is 4.79 Å². The lowest BCUT2D eigenvalue weighted by atomic mass is 9.53. The highest BCUT2D eigenvalue weighted by atomic mass is 127. The van der Waals surface area contributed by atoms with Gasteiger partial charge in [0, 0.05) is 14.8 Å². The molecule has 5 rings (SSSR count). The smallest absolute Gasteiger partial charge is 0.272 e. The Labute approximate surface area is 173 Å². The Balaban J connectivity index is 1.32. The molecule has 0 aliphatic heterocycles. The van der Waals surface area contributed by atoms with E-state index in [-0.39, 0.29) is 23.8 Å². The first-order valence-corrected chi connectivity index (χ1v) is 10.9. The molecule has 4 aliphatic rings. The molecule has 4 bridgehead atoms. The molecule has 4 fully saturated rings. The Morgan fingerprint density at radius 3 is 2.30 bits per heavy atom. The van der Waals surface area contributed by atoms with Gasteiger partial charge in [-0.1, -0.05) is 12.1 Å². The number of hydrogen-bond acceptors (Lipinski definition) is 3. The second kappa shape index (κ2) is 7.53. The van der Waals surface area contributed by atoms with Crippen LogP contribution in [0.2, 0.25) is 0 Å². The third-order valence-electron chi connectivity index (χ3n) is 6.33. The molecule has 2 amide bonds. The molecular weight excluding hydrogens is 453 g/mol. The predicted octanol–water partition coefficient (Wildman–Crippen LogP) is 3.87. The molecule has 0 unspecified atom stereocenters. The summed E-state index contributed by atoms with van der Waals surface area (Å²) in [6.45, 7) is 1.79. The summed E-state index contributed by atoms with van der Waals surface area (Å²) in [6.07, 6.45) is 7.74. The van der Waals surface area contributed by atoms with Gasteiger partial charge in [0.15, 0.2) is 0 Å². The van der Waals surface area contributed by atoms with E-state index in [0.29, 0.717) is 11.3 Å². The molecule has 1 aromatic carbocycles. The van der Waals surface area contributed by atoms with Gasteiger partial charge in [-0.15, -0.1) is 0 Å². The molecule has 6 heteroatoms. The zero-order chi connectivity index (χ0) is 19.0. The first kappa shape index (κ1) is 18.9. The topological polar surface area (TPSA) is 70.6 Å². The van der Waals surface area contributed by atoms with E-state index < -0.39 is 0 Å². The third-order valence-corrected chi connectivity index (χ3v) is 7.27. The summed E-state index contributed by atoms with van der Waals surface area (Å²) in [4.78, 5) is 24.8. The summed E-state index contributed by atoms with van der Waals surface area (Å²) in [5.74, 6) is 2.19. The van der Waals surface area contributed by atoms with Crippen LogP contribution in [0.5, 0.6) is 0 Å². The van der Waals surface area contributed by atoms with Crippen molar-refractivity contribution >= 4 is 40.1 Å². The lowest BCUT2D eigenvalue weighted by Gasteiger charge is -2.56. The zero-order valence-corrected chi connectivity index (χ0v) is 17.8. The Morgan fingerprint density at radius 2 is 1.70 bits per heavy atom. The number of carbonyl (C=O) groups excluding carboxylic acids is 2. The van der Waals surface area contributed by atoms with E-state index in [1.54, 1.807) is 13.0 Å². The van der Waals surface area contributed by atoms with Crippen LogP contribution in [0.4, 0.5) is 0 Å². The van der Waals surface area contributed by atoms with Gasteiger partial charge in [-0.05, 0) is 97.9 Å². The average molecular weight is 479 g/mol. The van der Waals surface area contributed by atoms with Crippen LogP contribution in [0.3, 0.4) is 0 Å². The molecule has 1 aromatic rings. The molecular formula is C21H26IN3O2. The van der Waals surface area contributed by atoms with Gasteiger partial charge < -0.3 is 5.32 Å². The second-order valence-corrected chi connectivity index (χ2v) is 9.85. The maximum Gasteiger partial charge on any atom is 0.272 e. The summed E-state index contributed by atoms with van der Waals surface area (Å²) in [5.41, 5.74) is 3.80. The molecule has 27 heavy (non-hydrogen) atoms. The van der Waals surface area contributed by atoms with E-state index in [0.717, 1.165) is 40.6 Å². The van der Waals surface area contributed by atoms with E-state index in [1.165, 1.54) is 19.3 Å². The van der Waals surface area contributed by atoms with Crippen LogP contribution in [0.25, 0.3) is 0 Å². The van der Waals surface area contributed by atoms with Crippen molar-refractivity contribution in [3.8, 4) is 0 Å². The number of nitrogens with one attached hydrogen (secondary N) is 2. The zero-order valence-electron chi connectivity index (χ0n) is 15.6. The fourth-order valence-electron chi connectivity index (χ4n) is 5.73. The molecule has 5 nitrogen and oxygen atoms in total. The number of amides is 2. The summed E-state index contributed by atoms with van der Waals surface area (Å²) in [7, 11) is 0. The summed E-state index contributed by atoms with van der Waals surface area (Å²) < 4.78 is 0.875. The highest BCUT2D eigenvalue weighted by Gasteiger charge is 2.51. The molecule has 4 saturated carbocycles. The quantitative estimate of drug-likeness (QED) is 0.383. The average Bonchev–Trinajstić information content (AvgIpc) is 2.58. The van der Waals surface area contributed by atoms with Gasteiger partial charge in [-0.3, -0.25) is 9.59 Å². The summed E-state index contributed by atoms with van der Waals surface area (Å²) in [6, 6.07) is 7.36. The molecule has 4 aliphatic carbocycles. The maximum absolute atomic E-state index is 12.6. The molecule has 0 radical (unpaired) electrons. The van der Waals surface area contributed by atoms with E-state index in [4.69, 9.17) is 0 Å². The largest absolute Gasteiger partial charge is 0.350 e. The normalized spacial score (nSPS) is 31.6. The Bertz CT molecular complexity index is 754. The van der Waals surface area contributed by atoms with Crippen molar-refractivity contribution in [2.75, 3.05) is 0 Å². The minimum absolute atomic E-state index is 0.0233. The van der Waals surface area contributed by atoms with Crippen LogP contribution in [-0.4, -0.2) is 23.1 Å². The van der Waals surface area contributed by atoms with E-state index >= 15 is 0 Å². The van der Waals surface area contributed by atoms with Crippen molar-refractivity contribution < 1.29 is 9.59 Å². The molecule has 0 spiro atoms. The van der Waals surface area contributed by atoms with Crippen molar-refractivity contribution in [2.24, 2.45) is 22.9 Å². The first-order valence-electron chi connectivity index (χ1n) is 9.81. The molecule has 2 N–H and O–H groups in total. The third kappa shape index (κ3) is 4.20. The monoisotopic (exact) mass is 479 g/mol. The Morgan fingerprint density at radius 1 is 1.11 bits per heavy atom. The highest BCUT2D eigenvalue weighted by Crippen LogP contribution is 2.55. The van der Waals surface area contributed by atoms with Crippen molar-refractivity contribution in [1.82, 2.24) is 10.7 Å². The Hall–Kier alpha value is -1.44. The predicted molar refractivity (Wildman–Crippen MR) is 113 cm³/mol. The van der Waals surface area contributed by atoms with Crippen LogP contribution >= 0.6 is 22.6 Å². The summed E-state index contributed by atoms with van der Waals surface area (Å²) in [5, 5.41) is 7.48. The number of hydrazone groups is 1. The number of carbonyl (C=O) groups is 2. The molecule has 0 aromatic heterocycles. The maximum atomic E-state index is 12.6. The minimum Gasteiger partial charge on any atom is -0.350 e. The number of benzene rings is 1. The Kier molecular flexibility index (Phi) is 5.27. The number of rotatable bonds is 5. The first-order chi connectivity index (χ1) is 12.9. The van der Waals surface area contributed by atoms with Crippen molar-refractivity contribution in [3.05, 3.63) is 33.4 Å². The molecule has 144 valence electrons. The fraction of sp³-hybridized carbons (Fsp3) is 0.571. The lowest BCUT2D eigenvalue weighted by Crippen LogP contribution is -2.60.